The van der Waals surface area contributed by atoms with Crippen LogP contribution in [0.15, 0.2) is 12.7 Å². The van der Waals surface area contributed by atoms with Gasteiger partial charge in [-0.1, -0.05) is 6.08 Å². The summed E-state index contributed by atoms with van der Waals surface area (Å²) in [5.41, 5.74) is 0. The molecular weight excluding hydrogens is 98.1 g/mol. The summed E-state index contributed by atoms with van der Waals surface area (Å²) in [6, 6.07) is 0. The summed E-state index contributed by atoms with van der Waals surface area (Å²) in [4.78, 5) is 0. The van der Waals surface area contributed by atoms with E-state index in [0.29, 0.717) is 0 Å². The average Bonchev–Trinajstić information content (AvgIpc) is 1.68. The molecule has 0 fully saturated rings. The highest BCUT2D eigenvalue weighted by Gasteiger charge is 1.96. The summed E-state index contributed by atoms with van der Waals surface area (Å²) in [6.45, 7) is 2.53. The Kier molecular flexibility index (Phi) is 3.56. The standard InChI is InChI=1S/C5H8F2/c1-2-5(7)3-4-6/h2,5H,1,3-4H2. The number of hydrogen-bond donors (Lipinski definition) is 0. The Morgan fingerprint density at radius 1 is 1.71 bits per heavy atom. The van der Waals surface area contributed by atoms with Crippen molar-refractivity contribution >= 4 is 0 Å². The van der Waals surface area contributed by atoms with Crippen molar-refractivity contribution in [1.29, 1.82) is 0 Å². The first kappa shape index (κ1) is 6.60. The molecule has 1 unspecified atom stereocenters. The molecule has 0 heterocycles. The maximum Gasteiger partial charge on any atom is 0.120 e. The van der Waals surface area contributed by atoms with Gasteiger partial charge in [-0.05, 0) is 0 Å². The zero-order valence-electron chi connectivity index (χ0n) is 4.03. The molecule has 0 saturated heterocycles. The second-order valence-corrected chi connectivity index (χ2v) is 1.23. The van der Waals surface area contributed by atoms with Gasteiger partial charge in [-0.2, -0.15) is 0 Å². The van der Waals surface area contributed by atoms with E-state index in [4.69, 9.17) is 0 Å². The van der Waals surface area contributed by atoms with Crippen LogP contribution >= 0.6 is 0 Å². The Labute approximate surface area is 41.8 Å². The molecule has 0 aliphatic rings. The van der Waals surface area contributed by atoms with E-state index in [-0.39, 0.29) is 6.42 Å². The van der Waals surface area contributed by atoms with Crippen LogP contribution in [0.3, 0.4) is 0 Å². The van der Waals surface area contributed by atoms with Crippen LogP contribution in [0.1, 0.15) is 6.42 Å². The molecule has 0 radical (unpaired) electrons. The topological polar surface area (TPSA) is 0 Å². The van der Waals surface area contributed by atoms with E-state index in [9.17, 15) is 8.78 Å². The lowest BCUT2D eigenvalue weighted by atomic mass is 10.3. The van der Waals surface area contributed by atoms with Crippen LogP contribution in [-0.2, 0) is 0 Å². The summed E-state index contributed by atoms with van der Waals surface area (Å²) in [5, 5.41) is 0. The summed E-state index contributed by atoms with van der Waals surface area (Å²) < 4.78 is 22.9. The molecule has 7 heavy (non-hydrogen) atoms. The number of allylic oxidation sites excluding steroid dienone is 1. The fourth-order valence-electron chi connectivity index (χ4n) is 0.222. The van der Waals surface area contributed by atoms with E-state index in [2.05, 4.69) is 6.58 Å². The lowest BCUT2D eigenvalue weighted by molar-refractivity contribution is 0.334. The third-order valence-corrected chi connectivity index (χ3v) is 0.641. The molecule has 0 aromatic heterocycles. The number of rotatable bonds is 3. The number of hydrogen-bond acceptors (Lipinski definition) is 0. The summed E-state index contributed by atoms with van der Waals surface area (Å²) in [7, 11) is 0. The van der Waals surface area contributed by atoms with Crippen LogP contribution < -0.4 is 0 Å². The van der Waals surface area contributed by atoms with E-state index in [1.54, 1.807) is 0 Å². The third kappa shape index (κ3) is 3.43. The first-order valence-electron chi connectivity index (χ1n) is 2.14. The van der Waals surface area contributed by atoms with Crippen molar-refractivity contribution < 1.29 is 8.78 Å². The van der Waals surface area contributed by atoms with Gasteiger partial charge in [-0.25, -0.2) is 4.39 Å². The van der Waals surface area contributed by atoms with Crippen LogP contribution in [0, 0.1) is 0 Å². The molecule has 0 nitrogen and oxygen atoms in total. The fourth-order valence-corrected chi connectivity index (χ4v) is 0.222. The lowest BCUT2D eigenvalue weighted by Crippen LogP contribution is -1.93. The number of alkyl halides is 2. The third-order valence-electron chi connectivity index (χ3n) is 0.641. The SMILES string of the molecule is C=CC(F)CCF. The van der Waals surface area contributed by atoms with Crippen LogP contribution in [0.25, 0.3) is 0 Å². The molecule has 0 amide bonds. The van der Waals surface area contributed by atoms with Gasteiger partial charge in [-0.3, -0.25) is 4.39 Å². The monoisotopic (exact) mass is 106 g/mol. The highest BCUT2D eigenvalue weighted by molar-refractivity contribution is 4.77. The minimum absolute atomic E-state index is 0.0521. The summed E-state index contributed by atoms with van der Waals surface area (Å²) in [5.74, 6) is 0. The van der Waals surface area contributed by atoms with Gasteiger partial charge in [0.15, 0.2) is 0 Å². The molecule has 0 aromatic rings. The van der Waals surface area contributed by atoms with Crippen LogP contribution in [-0.4, -0.2) is 12.8 Å². The highest BCUT2D eigenvalue weighted by Crippen LogP contribution is 1.96. The smallest absolute Gasteiger partial charge is 0.120 e. The Balaban J connectivity index is 2.98. The normalized spacial score (nSPS) is 13.4. The Hall–Kier alpha value is -0.400. The Bertz CT molecular complexity index is 52.0. The van der Waals surface area contributed by atoms with E-state index in [1.165, 1.54) is 0 Å². The fraction of sp³-hybridized carbons (Fsp3) is 0.600. The molecule has 0 saturated carbocycles. The van der Waals surface area contributed by atoms with Crippen molar-refractivity contribution in [3.05, 3.63) is 12.7 Å². The first-order valence-corrected chi connectivity index (χ1v) is 2.14. The quantitative estimate of drug-likeness (QED) is 0.482. The second-order valence-electron chi connectivity index (χ2n) is 1.23. The lowest BCUT2D eigenvalue weighted by Gasteiger charge is -1.92. The van der Waals surface area contributed by atoms with E-state index in [1.807, 2.05) is 0 Å². The zero-order valence-corrected chi connectivity index (χ0v) is 4.03. The van der Waals surface area contributed by atoms with Crippen molar-refractivity contribution in [2.24, 2.45) is 0 Å². The van der Waals surface area contributed by atoms with Gasteiger partial charge in [0.05, 0.1) is 6.67 Å². The molecule has 0 spiro atoms. The second kappa shape index (κ2) is 3.78. The van der Waals surface area contributed by atoms with Crippen molar-refractivity contribution in [2.45, 2.75) is 12.6 Å². The highest BCUT2D eigenvalue weighted by atomic mass is 19.1. The maximum atomic E-state index is 11.8. The van der Waals surface area contributed by atoms with Crippen LogP contribution in [0.2, 0.25) is 0 Å². The minimum atomic E-state index is -1.16. The van der Waals surface area contributed by atoms with Gasteiger partial charge in [-0.15, -0.1) is 6.58 Å². The largest absolute Gasteiger partial charge is 0.251 e. The molecule has 42 valence electrons. The predicted molar refractivity (Wildman–Crippen MR) is 25.7 cm³/mol. The van der Waals surface area contributed by atoms with Gasteiger partial charge in [0.1, 0.15) is 6.17 Å². The van der Waals surface area contributed by atoms with Crippen LogP contribution in [0.4, 0.5) is 8.78 Å². The summed E-state index contributed by atoms with van der Waals surface area (Å²) in [6.07, 6.45) is -0.117. The van der Waals surface area contributed by atoms with Crippen molar-refractivity contribution in [2.75, 3.05) is 6.67 Å². The molecule has 0 N–H and O–H groups in total. The maximum absolute atomic E-state index is 11.8. The van der Waals surface area contributed by atoms with Crippen molar-refractivity contribution in [3.8, 4) is 0 Å². The van der Waals surface area contributed by atoms with Crippen molar-refractivity contribution in [3.63, 3.8) is 0 Å². The molecular formula is C5H8F2. The molecule has 0 aromatic carbocycles. The van der Waals surface area contributed by atoms with Gasteiger partial charge in [0.25, 0.3) is 0 Å². The molecule has 1 atom stereocenters. The molecule has 0 aliphatic heterocycles. The number of halogens is 2. The van der Waals surface area contributed by atoms with E-state index < -0.39 is 12.8 Å². The minimum Gasteiger partial charge on any atom is -0.251 e. The van der Waals surface area contributed by atoms with Crippen LogP contribution in [0.5, 0.6) is 0 Å². The van der Waals surface area contributed by atoms with Gasteiger partial charge in [0.2, 0.25) is 0 Å². The molecule has 0 rings (SSSR count). The molecule has 2 heteroatoms. The van der Waals surface area contributed by atoms with E-state index >= 15 is 0 Å². The zero-order chi connectivity index (χ0) is 5.70. The van der Waals surface area contributed by atoms with Crippen molar-refractivity contribution in [1.82, 2.24) is 0 Å². The van der Waals surface area contributed by atoms with Gasteiger partial charge >= 0.3 is 0 Å². The van der Waals surface area contributed by atoms with Gasteiger partial charge < -0.3 is 0 Å². The Morgan fingerprint density at radius 3 is 2.43 bits per heavy atom. The summed E-state index contributed by atoms with van der Waals surface area (Å²) >= 11 is 0. The molecule has 0 bridgehead atoms. The molecule has 0 aliphatic carbocycles. The van der Waals surface area contributed by atoms with E-state index in [0.717, 1.165) is 6.08 Å². The Morgan fingerprint density at radius 2 is 2.29 bits per heavy atom. The average molecular weight is 106 g/mol. The predicted octanol–water partition coefficient (Wildman–Crippen LogP) is 1.87. The first-order chi connectivity index (χ1) is 3.31. The van der Waals surface area contributed by atoms with Gasteiger partial charge in [0, 0.05) is 6.42 Å².